The van der Waals surface area contributed by atoms with Gasteiger partial charge in [-0.25, -0.2) is 17.9 Å². The first-order chi connectivity index (χ1) is 13.2. The van der Waals surface area contributed by atoms with Crippen molar-refractivity contribution in [1.82, 2.24) is 4.72 Å². The summed E-state index contributed by atoms with van der Waals surface area (Å²) in [6.45, 7) is 3.13. The minimum Gasteiger partial charge on any atom is -0.452 e. The molecule has 0 aliphatic rings. The molecule has 1 amide bonds. The number of nitrogens with one attached hydrogen (secondary N) is 2. The standard InChI is InChI=1S/C19H21ClN2O5S/c1-3-13(2)22-28(25,26)15-10-8-14(9-11-15)19(24)27-12-18(23)21-17-7-5-4-6-16(17)20/h4-11,13,22H,3,12H2,1-2H3,(H,21,23). The molecule has 7 nitrogen and oxygen atoms in total. The number of sulfonamides is 1. The van der Waals surface area contributed by atoms with Crippen molar-refractivity contribution in [3.05, 3.63) is 59.1 Å². The van der Waals surface area contributed by atoms with Gasteiger partial charge in [-0.1, -0.05) is 30.7 Å². The highest BCUT2D eigenvalue weighted by Crippen LogP contribution is 2.20. The number of carbonyl (C=O) groups excluding carboxylic acids is 2. The van der Waals surface area contributed by atoms with Crippen LogP contribution in [0.5, 0.6) is 0 Å². The normalized spacial score (nSPS) is 12.2. The van der Waals surface area contributed by atoms with Crippen LogP contribution in [0.25, 0.3) is 0 Å². The number of anilines is 1. The Labute approximate surface area is 169 Å². The fraction of sp³-hybridized carbons (Fsp3) is 0.263. The van der Waals surface area contributed by atoms with Gasteiger partial charge in [-0.15, -0.1) is 0 Å². The fourth-order valence-electron chi connectivity index (χ4n) is 2.15. The Balaban J connectivity index is 1.94. The molecule has 1 unspecified atom stereocenters. The van der Waals surface area contributed by atoms with Gasteiger partial charge in [-0.3, -0.25) is 4.79 Å². The molecule has 0 heterocycles. The van der Waals surface area contributed by atoms with Crippen LogP contribution in [-0.2, 0) is 19.6 Å². The number of esters is 1. The van der Waals surface area contributed by atoms with Crippen LogP contribution in [0.2, 0.25) is 5.02 Å². The van der Waals surface area contributed by atoms with Gasteiger partial charge in [-0.2, -0.15) is 0 Å². The van der Waals surface area contributed by atoms with E-state index in [1.807, 2.05) is 6.92 Å². The SMILES string of the molecule is CCC(C)NS(=O)(=O)c1ccc(C(=O)OCC(=O)Nc2ccccc2Cl)cc1. The predicted octanol–water partition coefficient (Wildman–Crippen LogP) is 3.21. The van der Waals surface area contributed by atoms with Crippen LogP contribution in [0.1, 0.15) is 30.6 Å². The first-order valence-corrected chi connectivity index (χ1v) is 10.4. The Morgan fingerprint density at radius 3 is 2.36 bits per heavy atom. The topological polar surface area (TPSA) is 102 Å². The average Bonchev–Trinajstić information content (AvgIpc) is 2.67. The first-order valence-electron chi connectivity index (χ1n) is 8.57. The van der Waals surface area contributed by atoms with E-state index < -0.39 is 28.5 Å². The van der Waals surface area contributed by atoms with E-state index in [1.54, 1.807) is 31.2 Å². The molecule has 0 aliphatic heterocycles. The second-order valence-electron chi connectivity index (χ2n) is 6.06. The third kappa shape index (κ3) is 6.05. The first kappa shape index (κ1) is 21.9. The van der Waals surface area contributed by atoms with Crippen LogP contribution in [0.3, 0.4) is 0 Å². The second kappa shape index (κ2) is 9.68. The van der Waals surface area contributed by atoms with Crippen molar-refractivity contribution in [2.75, 3.05) is 11.9 Å². The Morgan fingerprint density at radius 2 is 1.75 bits per heavy atom. The third-order valence-electron chi connectivity index (χ3n) is 3.85. The molecular weight excluding hydrogens is 404 g/mol. The van der Waals surface area contributed by atoms with E-state index in [0.29, 0.717) is 17.1 Å². The van der Waals surface area contributed by atoms with Gasteiger partial charge in [-0.05, 0) is 49.7 Å². The molecule has 2 rings (SSSR count). The van der Waals surface area contributed by atoms with Crippen molar-refractivity contribution < 1.29 is 22.7 Å². The predicted molar refractivity (Wildman–Crippen MR) is 107 cm³/mol. The highest BCUT2D eigenvalue weighted by Gasteiger charge is 2.18. The largest absolute Gasteiger partial charge is 0.452 e. The van der Waals surface area contributed by atoms with Crippen molar-refractivity contribution in [2.24, 2.45) is 0 Å². The van der Waals surface area contributed by atoms with Crippen molar-refractivity contribution in [2.45, 2.75) is 31.2 Å². The van der Waals surface area contributed by atoms with Gasteiger partial charge in [0.2, 0.25) is 10.0 Å². The Hall–Kier alpha value is -2.42. The number of halogens is 1. The molecule has 0 saturated carbocycles. The molecule has 150 valence electrons. The molecule has 1 atom stereocenters. The lowest BCUT2D eigenvalue weighted by Crippen LogP contribution is -2.32. The lowest BCUT2D eigenvalue weighted by Gasteiger charge is -2.12. The number of hydrogen-bond acceptors (Lipinski definition) is 5. The summed E-state index contributed by atoms with van der Waals surface area (Å²) in [5.74, 6) is -1.29. The quantitative estimate of drug-likeness (QED) is 0.633. The van der Waals surface area contributed by atoms with Crippen molar-refractivity contribution in [3.8, 4) is 0 Å². The zero-order valence-electron chi connectivity index (χ0n) is 15.4. The Bertz CT molecular complexity index is 945. The van der Waals surface area contributed by atoms with Gasteiger partial charge in [0.15, 0.2) is 6.61 Å². The van der Waals surface area contributed by atoms with Crippen molar-refractivity contribution in [1.29, 1.82) is 0 Å². The van der Waals surface area contributed by atoms with E-state index in [2.05, 4.69) is 10.0 Å². The lowest BCUT2D eigenvalue weighted by molar-refractivity contribution is -0.119. The molecule has 28 heavy (non-hydrogen) atoms. The highest BCUT2D eigenvalue weighted by molar-refractivity contribution is 7.89. The smallest absolute Gasteiger partial charge is 0.338 e. The number of carbonyl (C=O) groups is 2. The van der Waals surface area contributed by atoms with E-state index in [9.17, 15) is 18.0 Å². The molecule has 9 heteroatoms. The summed E-state index contributed by atoms with van der Waals surface area (Å²) >= 11 is 5.94. The number of amides is 1. The zero-order chi connectivity index (χ0) is 20.7. The average molecular weight is 425 g/mol. The highest BCUT2D eigenvalue weighted by atomic mass is 35.5. The zero-order valence-corrected chi connectivity index (χ0v) is 17.0. The van der Waals surface area contributed by atoms with Gasteiger partial charge in [0.05, 0.1) is 21.2 Å². The molecule has 0 radical (unpaired) electrons. The van der Waals surface area contributed by atoms with E-state index in [0.717, 1.165) is 0 Å². The number of rotatable bonds is 8. The maximum atomic E-state index is 12.2. The van der Waals surface area contributed by atoms with Gasteiger partial charge in [0.25, 0.3) is 5.91 Å². The summed E-state index contributed by atoms with van der Waals surface area (Å²) in [6, 6.07) is 11.8. The van der Waals surface area contributed by atoms with Gasteiger partial charge in [0, 0.05) is 6.04 Å². The monoisotopic (exact) mass is 424 g/mol. The Morgan fingerprint density at radius 1 is 1.11 bits per heavy atom. The van der Waals surface area contributed by atoms with E-state index in [1.165, 1.54) is 24.3 Å². The number of benzene rings is 2. The van der Waals surface area contributed by atoms with Crippen LogP contribution in [-0.4, -0.2) is 32.9 Å². The van der Waals surface area contributed by atoms with Gasteiger partial charge in [0.1, 0.15) is 0 Å². The summed E-state index contributed by atoms with van der Waals surface area (Å²) in [4.78, 5) is 24.0. The summed E-state index contributed by atoms with van der Waals surface area (Å²) in [5.41, 5.74) is 0.543. The molecule has 0 spiro atoms. The molecule has 2 N–H and O–H groups in total. The van der Waals surface area contributed by atoms with Gasteiger partial charge < -0.3 is 10.1 Å². The van der Waals surface area contributed by atoms with Crippen LogP contribution in [0, 0.1) is 0 Å². The molecule has 0 fully saturated rings. The van der Waals surface area contributed by atoms with E-state index in [4.69, 9.17) is 16.3 Å². The number of ether oxygens (including phenoxy) is 1. The van der Waals surface area contributed by atoms with Crippen molar-refractivity contribution in [3.63, 3.8) is 0 Å². The van der Waals surface area contributed by atoms with Gasteiger partial charge >= 0.3 is 5.97 Å². The molecule has 2 aromatic rings. The van der Waals surface area contributed by atoms with Crippen LogP contribution >= 0.6 is 11.6 Å². The lowest BCUT2D eigenvalue weighted by atomic mass is 10.2. The van der Waals surface area contributed by atoms with E-state index >= 15 is 0 Å². The number of hydrogen-bond donors (Lipinski definition) is 2. The second-order valence-corrected chi connectivity index (χ2v) is 8.18. The third-order valence-corrected chi connectivity index (χ3v) is 5.79. The summed E-state index contributed by atoms with van der Waals surface area (Å²) < 4.78 is 31.9. The van der Waals surface area contributed by atoms with Crippen LogP contribution in [0.4, 0.5) is 5.69 Å². The minimum absolute atomic E-state index is 0.0424. The molecule has 0 aliphatic carbocycles. The van der Waals surface area contributed by atoms with Crippen LogP contribution < -0.4 is 10.0 Å². The molecule has 2 aromatic carbocycles. The minimum atomic E-state index is -3.66. The molecular formula is C19H21ClN2O5S. The Kier molecular flexibility index (Phi) is 7.56. The number of para-hydroxylation sites is 1. The maximum Gasteiger partial charge on any atom is 0.338 e. The van der Waals surface area contributed by atoms with Crippen LogP contribution in [0.15, 0.2) is 53.4 Å². The summed E-state index contributed by atoms with van der Waals surface area (Å²) in [5, 5.41) is 2.90. The van der Waals surface area contributed by atoms with Crippen molar-refractivity contribution >= 4 is 39.2 Å². The molecule has 0 saturated heterocycles. The van der Waals surface area contributed by atoms with E-state index in [-0.39, 0.29) is 16.5 Å². The molecule has 0 aromatic heterocycles. The summed E-state index contributed by atoms with van der Waals surface area (Å²) in [7, 11) is -3.66. The fourth-order valence-corrected chi connectivity index (χ4v) is 3.66. The molecule has 0 bridgehead atoms. The summed E-state index contributed by atoms with van der Waals surface area (Å²) in [6.07, 6.45) is 0.653. The maximum absolute atomic E-state index is 12.2.